The Balaban J connectivity index is 4.82. The van der Waals surface area contributed by atoms with Crippen molar-refractivity contribution in [3.8, 4) is 0 Å². The van der Waals surface area contributed by atoms with Gasteiger partial charge in [-0.1, -0.05) is 13.8 Å². The van der Waals surface area contributed by atoms with Crippen molar-refractivity contribution in [2.24, 2.45) is 5.92 Å². The first-order valence-electron chi connectivity index (χ1n) is 5.63. The van der Waals surface area contributed by atoms with Crippen molar-refractivity contribution in [3.63, 3.8) is 0 Å². The van der Waals surface area contributed by atoms with E-state index in [9.17, 15) is 22.5 Å². The van der Waals surface area contributed by atoms with Crippen LogP contribution in [0.15, 0.2) is 0 Å². The number of ether oxygens (including phenoxy) is 1. The fourth-order valence-corrected chi connectivity index (χ4v) is 2.18. The first-order valence-corrected chi connectivity index (χ1v) is 7.62. The first kappa shape index (κ1) is 18.4. The van der Waals surface area contributed by atoms with Gasteiger partial charge in [-0.25, -0.2) is 4.79 Å². The maximum Gasteiger partial charge on any atom is 0.426 e. The number of halogens is 3. The maximum absolute atomic E-state index is 12.6. The molecule has 0 radical (unpaired) electrons. The molecule has 114 valence electrons. The van der Waals surface area contributed by atoms with E-state index < -0.39 is 25.8 Å². The third kappa shape index (κ3) is 7.54. The lowest BCUT2D eigenvalue weighted by atomic mass is 10.2. The summed E-state index contributed by atoms with van der Waals surface area (Å²) in [6, 6.07) is 0. The number of alkyl halides is 3. The molecule has 2 atom stereocenters. The molecule has 0 aromatic heterocycles. The molecule has 0 rings (SSSR count). The Kier molecular flexibility index (Phi) is 7.04. The van der Waals surface area contributed by atoms with Gasteiger partial charge in [-0.2, -0.15) is 13.2 Å². The van der Waals surface area contributed by atoms with Crippen LogP contribution < -0.4 is 0 Å². The van der Waals surface area contributed by atoms with Crippen LogP contribution in [0, 0.1) is 5.92 Å². The third-order valence-corrected chi connectivity index (χ3v) is 2.95. The molecule has 0 aromatic rings. The zero-order valence-electron chi connectivity index (χ0n) is 11.2. The van der Waals surface area contributed by atoms with Gasteiger partial charge in [-0.05, 0) is 12.8 Å². The van der Waals surface area contributed by atoms with Crippen molar-refractivity contribution in [2.75, 3.05) is 19.9 Å². The largest absolute Gasteiger partial charge is 0.464 e. The maximum atomic E-state index is 12.6. The Bertz CT molecular complexity index is 343. The summed E-state index contributed by atoms with van der Waals surface area (Å²) < 4.78 is 62.9. The van der Waals surface area contributed by atoms with E-state index in [1.54, 1.807) is 13.8 Å². The topological polar surface area (TPSA) is 61.8 Å². The van der Waals surface area contributed by atoms with Crippen molar-refractivity contribution >= 4 is 13.6 Å². The minimum atomic E-state index is -5.01. The highest BCUT2D eigenvalue weighted by Gasteiger charge is 2.50. The first-order chi connectivity index (χ1) is 8.49. The van der Waals surface area contributed by atoms with Crippen molar-refractivity contribution in [1.29, 1.82) is 0 Å². The lowest BCUT2D eigenvalue weighted by Crippen LogP contribution is -2.39. The van der Waals surface area contributed by atoms with E-state index in [0.29, 0.717) is 0 Å². The quantitative estimate of drug-likeness (QED) is 0.534. The smallest absolute Gasteiger partial charge is 0.426 e. The molecule has 5 nitrogen and oxygen atoms in total. The second-order valence-electron chi connectivity index (χ2n) is 4.24. The third-order valence-electron chi connectivity index (χ3n) is 1.74. The fourth-order valence-electron chi connectivity index (χ4n) is 0.961. The number of carbonyl (C=O) groups excluding carboxylic acids is 1. The summed E-state index contributed by atoms with van der Waals surface area (Å²) in [6.45, 7) is 5.41. The minimum Gasteiger partial charge on any atom is -0.464 e. The molecule has 0 aliphatic rings. The van der Waals surface area contributed by atoms with Crippen LogP contribution in [0.3, 0.4) is 0 Å². The van der Waals surface area contributed by atoms with Crippen LogP contribution in [0.5, 0.6) is 0 Å². The summed E-state index contributed by atoms with van der Waals surface area (Å²) in [5.74, 6) is -1.67. The van der Waals surface area contributed by atoms with Crippen LogP contribution in [0.1, 0.15) is 20.8 Å². The van der Waals surface area contributed by atoms with E-state index in [0.717, 1.165) is 6.66 Å². The number of esters is 1. The molecule has 0 fully saturated rings. The van der Waals surface area contributed by atoms with Crippen LogP contribution in [0.2, 0.25) is 0 Å². The lowest BCUT2D eigenvalue weighted by Gasteiger charge is -2.23. The van der Waals surface area contributed by atoms with Crippen LogP contribution in [-0.2, 0) is 23.1 Å². The highest BCUT2D eigenvalue weighted by molar-refractivity contribution is 7.53. The normalized spacial score (nSPS) is 17.1. The molecule has 0 unspecified atom stereocenters. The van der Waals surface area contributed by atoms with Gasteiger partial charge in [0.2, 0.25) is 0 Å². The van der Waals surface area contributed by atoms with E-state index in [-0.39, 0.29) is 19.1 Å². The number of rotatable bonds is 7. The SMILES string of the molecule is CCOC(=O)[C@H](O[P@@](C)(=O)OCC(C)C)C(F)(F)F. The molecule has 0 aromatic carbocycles. The summed E-state index contributed by atoms with van der Waals surface area (Å²) in [5.41, 5.74) is 0. The standard InChI is InChI=1S/C10H18F3O5P/c1-5-16-9(14)8(10(11,12)13)18-19(4,15)17-6-7(2)3/h7-8H,5-6H2,1-4H3/t8-,19-/m0/s1. The van der Waals surface area contributed by atoms with Crippen LogP contribution in [0.25, 0.3) is 0 Å². The molecule has 0 bridgehead atoms. The predicted molar refractivity (Wildman–Crippen MR) is 61.9 cm³/mol. The van der Waals surface area contributed by atoms with E-state index in [2.05, 4.69) is 9.26 Å². The highest BCUT2D eigenvalue weighted by atomic mass is 31.2. The zero-order chi connectivity index (χ0) is 15.3. The van der Waals surface area contributed by atoms with Crippen molar-refractivity contribution in [3.05, 3.63) is 0 Å². The zero-order valence-corrected chi connectivity index (χ0v) is 12.1. The molecule has 0 saturated heterocycles. The summed E-state index contributed by atoms with van der Waals surface area (Å²) in [6.07, 6.45) is -7.92. The second-order valence-corrected chi connectivity index (χ2v) is 6.25. The number of hydrogen-bond donors (Lipinski definition) is 0. The van der Waals surface area contributed by atoms with E-state index in [1.807, 2.05) is 0 Å². The average Bonchev–Trinajstić information content (AvgIpc) is 2.22. The van der Waals surface area contributed by atoms with Gasteiger partial charge in [0, 0.05) is 6.66 Å². The molecule has 19 heavy (non-hydrogen) atoms. The van der Waals surface area contributed by atoms with Crippen LogP contribution in [-0.4, -0.2) is 38.1 Å². The molecule has 0 aliphatic carbocycles. The molecule has 0 N–H and O–H groups in total. The molecular formula is C10H18F3O5P. The van der Waals surface area contributed by atoms with E-state index in [1.165, 1.54) is 6.92 Å². The Morgan fingerprint density at radius 1 is 1.32 bits per heavy atom. The van der Waals surface area contributed by atoms with Gasteiger partial charge in [-0.3, -0.25) is 9.09 Å². The summed E-state index contributed by atoms with van der Waals surface area (Å²) >= 11 is 0. The van der Waals surface area contributed by atoms with Crippen LogP contribution >= 0.6 is 7.60 Å². The van der Waals surface area contributed by atoms with E-state index >= 15 is 0 Å². The molecule has 0 amide bonds. The summed E-state index contributed by atoms with van der Waals surface area (Å²) in [5, 5.41) is 0. The van der Waals surface area contributed by atoms with Gasteiger partial charge in [0.05, 0.1) is 13.2 Å². The molecule has 0 saturated carbocycles. The van der Waals surface area contributed by atoms with Gasteiger partial charge in [-0.15, -0.1) is 0 Å². The van der Waals surface area contributed by atoms with Crippen molar-refractivity contribution in [2.45, 2.75) is 33.1 Å². The van der Waals surface area contributed by atoms with Crippen LogP contribution in [0.4, 0.5) is 13.2 Å². The van der Waals surface area contributed by atoms with E-state index in [4.69, 9.17) is 4.52 Å². The highest BCUT2D eigenvalue weighted by Crippen LogP contribution is 2.48. The molecule has 0 heterocycles. The predicted octanol–water partition coefficient (Wildman–Crippen LogP) is 2.99. The van der Waals surface area contributed by atoms with Gasteiger partial charge < -0.3 is 9.26 Å². The Labute approximate surface area is 109 Å². The van der Waals surface area contributed by atoms with Gasteiger partial charge in [0.15, 0.2) is 0 Å². The van der Waals surface area contributed by atoms with Crippen molar-refractivity contribution in [1.82, 2.24) is 0 Å². The molecular weight excluding hydrogens is 288 g/mol. The molecule has 0 aliphatic heterocycles. The molecule has 0 spiro atoms. The average molecular weight is 306 g/mol. The van der Waals surface area contributed by atoms with Gasteiger partial charge in [0.25, 0.3) is 6.10 Å². The minimum absolute atomic E-state index is 0.0381. The number of hydrogen-bond acceptors (Lipinski definition) is 5. The Morgan fingerprint density at radius 2 is 1.84 bits per heavy atom. The van der Waals surface area contributed by atoms with Gasteiger partial charge >= 0.3 is 19.7 Å². The number of carbonyl (C=O) groups is 1. The Morgan fingerprint density at radius 3 is 2.21 bits per heavy atom. The summed E-state index contributed by atoms with van der Waals surface area (Å²) in [4.78, 5) is 11.2. The summed E-state index contributed by atoms with van der Waals surface area (Å²) in [7, 11) is -4.00. The van der Waals surface area contributed by atoms with Crippen molar-refractivity contribution < 1.29 is 36.3 Å². The fraction of sp³-hybridized carbons (Fsp3) is 0.900. The monoisotopic (exact) mass is 306 g/mol. The van der Waals surface area contributed by atoms with Gasteiger partial charge in [0.1, 0.15) is 0 Å². The second kappa shape index (κ2) is 7.26. The molecule has 9 heteroatoms. The lowest BCUT2D eigenvalue weighted by molar-refractivity contribution is -0.212. The Hall–Kier alpha value is -0.590.